The molecule has 5 heteroatoms. The Hall–Kier alpha value is -2.43. The first-order valence-electron chi connectivity index (χ1n) is 7.46. The van der Waals surface area contributed by atoms with Crippen LogP contribution in [0.15, 0.2) is 42.6 Å². The Morgan fingerprint density at radius 1 is 1.14 bits per heavy atom. The van der Waals surface area contributed by atoms with Crippen molar-refractivity contribution >= 4 is 11.6 Å². The number of rotatable bonds is 4. The van der Waals surface area contributed by atoms with Crippen LogP contribution in [0.25, 0.3) is 0 Å². The predicted molar refractivity (Wildman–Crippen MR) is 83.3 cm³/mol. The summed E-state index contributed by atoms with van der Waals surface area (Å²) in [5, 5.41) is 2.79. The van der Waals surface area contributed by atoms with Gasteiger partial charge in [0.1, 0.15) is 11.5 Å². The predicted octanol–water partition coefficient (Wildman–Crippen LogP) is 2.75. The molecule has 1 fully saturated rings. The van der Waals surface area contributed by atoms with Crippen LogP contribution in [0.3, 0.4) is 0 Å². The molecule has 1 amide bonds. The average molecular weight is 299 g/mol. The second-order valence-electron chi connectivity index (χ2n) is 5.40. The summed E-state index contributed by atoms with van der Waals surface area (Å²) in [6.07, 6.45) is 4.16. The molecule has 0 aliphatic carbocycles. The standard InChI is InChI=1S/C17H18FN3O/c18-14-5-3-13(4-6-14)11-20-17(22)16-8-7-15(12-19-16)21-9-1-2-10-21/h3-8,12H,1-2,9-11H2,(H,20,22). The maximum absolute atomic E-state index is 12.8. The lowest BCUT2D eigenvalue weighted by Gasteiger charge is -2.16. The number of nitrogens with one attached hydrogen (secondary N) is 1. The molecule has 1 aromatic carbocycles. The summed E-state index contributed by atoms with van der Waals surface area (Å²) in [6, 6.07) is 9.74. The van der Waals surface area contributed by atoms with Crippen LogP contribution in [-0.4, -0.2) is 24.0 Å². The fourth-order valence-corrected chi connectivity index (χ4v) is 2.56. The van der Waals surface area contributed by atoms with Crippen LogP contribution in [0, 0.1) is 5.82 Å². The van der Waals surface area contributed by atoms with Crippen molar-refractivity contribution in [3.05, 3.63) is 59.7 Å². The Morgan fingerprint density at radius 3 is 2.50 bits per heavy atom. The Labute approximate surface area is 129 Å². The molecule has 3 rings (SSSR count). The van der Waals surface area contributed by atoms with E-state index in [9.17, 15) is 9.18 Å². The maximum Gasteiger partial charge on any atom is 0.270 e. The number of pyridine rings is 1. The van der Waals surface area contributed by atoms with Crippen LogP contribution in [-0.2, 0) is 6.54 Å². The first-order valence-corrected chi connectivity index (χ1v) is 7.46. The van der Waals surface area contributed by atoms with E-state index in [2.05, 4.69) is 15.2 Å². The van der Waals surface area contributed by atoms with Crippen LogP contribution >= 0.6 is 0 Å². The Balaban J connectivity index is 1.58. The third-order valence-corrected chi connectivity index (χ3v) is 3.82. The minimum atomic E-state index is -0.283. The lowest BCUT2D eigenvalue weighted by atomic mass is 10.2. The summed E-state index contributed by atoms with van der Waals surface area (Å²) in [5.74, 6) is -0.508. The van der Waals surface area contributed by atoms with Crippen LogP contribution in [0.2, 0.25) is 0 Å². The molecule has 22 heavy (non-hydrogen) atoms. The van der Waals surface area contributed by atoms with Gasteiger partial charge in [-0.3, -0.25) is 4.79 Å². The summed E-state index contributed by atoms with van der Waals surface area (Å²) in [5.41, 5.74) is 2.31. The van der Waals surface area contributed by atoms with Gasteiger partial charge in [0.15, 0.2) is 0 Å². The van der Waals surface area contributed by atoms with Crippen molar-refractivity contribution in [3.63, 3.8) is 0 Å². The second kappa shape index (κ2) is 6.56. The van der Waals surface area contributed by atoms with Crippen molar-refractivity contribution in [2.45, 2.75) is 19.4 Å². The van der Waals surface area contributed by atoms with E-state index in [0.29, 0.717) is 12.2 Å². The van der Waals surface area contributed by atoms with E-state index in [1.54, 1.807) is 24.4 Å². The zero-order chi connectivity index (χ0) is 15.4. The molecular weight excluding hydrogens is 281 g/mol. The number of carbonyl (C=O) groups excluding carboxylic acids is 1. The van der Waals surface area contributed by atoms with E-state index in [0.717, 1.165) is 24.3 Å². The number of aromatic nitrogens is 1. The topological polar surface area (TPSA) is 45.2 Å². The molecule has 1 aromatic heterocycles. The summed E-state index contributed by atoms with van der Waals surface area (Å²) in [4.78, 5) is 18.6. The number of halogens is 1. The number of hydrogen-bond donors (Lipinski definition) is 1. The fourth-order valence-electron chi connectivity index (χ4n) is 2.56. The highest BCUT2D eigenvalue weighted by Gasteiger charge is 2.13. The molecular formula is C17H18FN3O. The van der Waals surface area contributed by atoms with E-state index in [1.165, 1.54) is 25.0 Å². The molecule has 114 valence electrons. The summed E-state index contributed by atoms with van der Waals surface area (Å²) >= 11 is 0. The number of carbonyl (C=O) groups is 1. The van der Waals surface area contributed by atoms with Gasteiger partial charge in [-0.05, 0) is 42.7 Å². The summed E-state index contributed by atoms with van der Waals surface area (Å²) in [7, 11) is 0. The number of benzene rings is 1. The molecule has 4 nitrogen and oxygen atoms in total. The molecule has 2 aromatic rings. The average Bonchev–Trinajstić information content (AvgIpc) is 3.09. The van der Waals surface area contributed by atoms with Crippen molar-refractivity contribution in [1.29, 1.82) is 0 Å². The number of hydrogen-bond acceptors (Lipinski definition) is 3. The second-order valence-corrected chi connectivity index (χ2v) is 5.40. The normalized spacial score (nSPS) is 14.1. The minimum Gasteiger partial charge on any atom is -0.370 e. The van der Waals surface area contributed by atoms with Crippen molar-refractivity contribution < 1.29 is 9.18 Å². The van der Waals surface area contributed by atoms with Crippen LogP contribution in [0.5, 0.6) is 0 Å². The number of nitrogens with zero attached hydrogens (tertiary/aromatic N) is 2. The highest BCUT2D eigenvalue weighted by atomic mass is 19.1. The quantitative estimate of drug-likeness (QED) is 0.944. The van der Waals surface area contributed by atoms with Crippen molar-refractivity contribution in [2.24, 2.45) is 0 Å². The smallest absolute Gasteiger partial charge is 0.270 e. The van der Waals surface area contributed by atoms with Gasteiger partial charge in [-0.1, -0.05) is 12.1 Å². The molecule has 0 atom stereocenters. The maximum atomic E-state index is 12.8. The third-order valence-electron chi connectivity index (χ3n) is 3.82. The van der Waals surface area contributed by atoms with Gasteiger partial charge in [-0.2, -0.15) is 0 Å². The molecule has 0 bridgehead atoms. The molecule has 0 radical (unpaired) electrons. The SMILES string of the molecule is O=C(NCc1ccc(F)cc1)c1ccc(N2CCCC2)cn1. The van der Waals surface area contributed by atoms with Crippen LogP contribution < -0.4 is 10.2 Å². The van der Waals surface area contributed by atoms with Gasteiger partial charge in [0.2, 0.25) is 0 Å². The largest absolute Gasteiger partial charge is 0.370 e. The van der Waals surface area contributed by atoms with Crippen molar-refractivity contribution in [1.82, 2.24) is 10.3 Å². The van der Waals surface area contributed by atoms with E-state index < -0.39 is 0 Å². The van der Waals surface area contributed by atoms with Gasteiger partial charge in [-0.25, -0.2) is 9.37 Å². The van der Waals surface area contributed by atoms with E-state index in [1.807, 2.05) is 6.07 Å². The van der Waals surface area contributed by atoms with Gasteiger partial charge in [0, 0.05) is 19.6 Å². The zero-order valence-corrected chi connectivity index (χ0v) is 12.3. The van der Waals surface area contributed by atoms with Gasteiger partial charge >= 0.3 is 0 Å². The van der Waals surface area contributed by atoms with Crippen molar-refractivity contribution in [2.75, 3.05) is 18.0 Å². The summed E-state index contributed by atoms with van der Waals surface area (Å²) < 4.78 is 12.8. The molecule has 1 aliphatic rings. The first kappa shape index (κ1) is 14.5. The van der Waals surface area contributed by atoms with E-state index in [-0.39, 0.29) is 11.7 Å². The zero-order valence-electron chi connectivity index (χ0n) is 12.3. The lowest BCUT2D eigenvalue weighted by molar-refractivity contribution is 0.0946. The Morgan fingerprint density at radius 2 is 1.86 bits per heavy atom. The van der Waals surface area contributed by atoms with Crippen LogP contribution in [0.1, 0.15) is 28.9 Å². The summed E-state index contributed by atoms with van der Waals surface area (Å²) in [6.45, 7) is 2.46. The lowest BCUT2D eigenvalue weighted by Crippen LogP contribution is -2.24. The van der Waals surface area contributed by atoms with Gasteiger partial charge in [0.25, 0.3) is 5.91 Å². The molecule has 0 spiro atoms. The fraction of sp³-hybridized carbons (Fsp3) is 0.294. The number of amides is 1. The first-order chi connectivity index (χ1) is 10.7. The highest BCUT2D eigenvalue weighted by molar-refractivity contribution is 5.92. The van der Waals surface area contributed by atoms with Gasteiger partial charge in [0.05, 0.1) is 11.9 Å². The van der Waals surface area contributed by atoms with Gasteiger partial charge < -0.3 is 10.2 Å². The minimum absolute atomic E-state index is 0.225. The molecule has 1 saturated heterocycles. The van der Waals surface area contributed by atoms with Crippen molar-refractivity contribution in [3.8, 4) is 0 Å². The highest BCUT2D eigenvalue weighted by Crippen LogP contribution is 2.18. The Bertz CT molecular complexity index is 634. The van der Waals surface area contributed by atoms with Gasteiger partial charge in [-0.15, -0.1) is 0 Å². The number of anilines is 1. The molecule has 0 unspecified atom stereocenters. The van der Waals surface area contributed by atoms with E-state index in [4.69, 9.17) is 0 Å². The molecule has 1 N–H and O–H groups in total. The van der Waals surface area contributed by atoms with Crippen LogP contribution in [0.4, 0.5) is 10.1 Å². The molecule has 2 heterocycles. The monoisotopic (exact) mass is 299 g/mol. The Kier molecular flexibility index (Phi) is 4.32. The van der Waals surface area contributed by atoms with E-state index >= 15 is 0 Å². The third kappa shape index (κ3) is 3.42. The molecule has 0 saturated carbocycles. The molecule has 1 aliphatic heterocycles.